The van der Waals surface area contributed by atoms with E-state index in [1.165, 1.54) is 0 Å². The number of methoxy groups -OCH3 is 1. The lowest BCUT2D eigenvalue weighted by Crippen LogP contribution is -2.15. The molecule has 0 heterocycles. The van der Waals surface area contributed by atoms with Crippen LogP contribution >= 0.6 is 0 Å². The van der Waals surface area contributed by atoms with E-state index in [1.807, 2.05) is 26.2 Å². The van der Waals surface area contributed by atoms with E-state index >= 15 is 0 Å². The Hall–Kier alpha value is -1.10. The molecule has 0 aliphatic heterocycles. The molecule has 0 spiro atoms. The van der Waals surface area contributed by atoms with Crippen molar-refractivity contribution in [1.82, 2.24) is 4.90 Å². The number of rotatable bonds is 6. The zero-order chi connectivity index (χ0) is 12.8. The van der Waals surface area contributed by atoms with Crippen LogP contribution in [0.4, 0.5) is 0 Å². The second kappa shape index (κ2) is 6.59. The molecule has 0 radical (unpaired) electrons. The van der Waals surface area contributed by atoms with Crippen LogP contribution in [-0.2, 0) is 6.54 Å². The minimum atomic E-state index is -0.119. The molecule has 1 aromatic carbocycles. The maximum Gasteiger partial charge on any atom is 0.123 e. The molecule has 1 atom stereocenters. The molecule has 0 bridgehead atoms. The fraction of sp³-hybridized carbons (Fsp3) is 0.538. The van der Waals surface area contributed by atoms with Crippen molar-refractivity contribution >= 4 is 0 Å². The predicted octanol–water partition coefficient (Wildman–Crippen LogP) is 1.14. The Morgan fingerprint density at radius 1 is 1.41 bits per heavy atom. The molecule has 1 unspecified atom stereocenters. The third-order valence-corrected chi connectivity index (χ3v) is 2.66. The van der Waals surface area contributed by atoms with Gasteiger partial charge >= 0.3 is 0 Å². The summed E-state index contributed by atoms with van der Waals surface area (Å²) in [7, 11) is 5.70. The van der Waals surface area contributed by atoms with Crippen molar-refractivity contribution in [2.24, 2.45) is 5.73 Å². The number of hydrogen-bond donors (Lipinski definition) is 2. The van der Waals surface area contributed by atoms with Gasteiger partial charge in [-0.1, -0.05) is 6.07 Å². The van der Waals surface area contributed by atoms with Gasteiger partial charge in [-0.2, -0.15) is 0 Å². The third-order valence-electron chi connectivity index (χ3n) is 2.66. The predicted molar refractivity (Wildman–Crippen MR) is 69.0 cm³/mol. The molecular formula is C13H22N2O2. The molecule has 0 saturated carbocycles. The number of aliphatic hydroxyl groups is 1. The van der Waals surface area contributed by atoms with Gasteiger partial charge in [-0.25, -0.2) is 0 Å². The zero-order valence-electron chi connectivity index (χ0n) is 10.8. The smallest absolute Gasteiger partial charge is 0.123 e. The van der Waals surface area contributed by atoms with Crippen molar-refractivity contribution in [2.45, 2.75) is 19.0 Å². The maximum absolute atomic E-state index is 8.90. The Kier molecular flexibility index (Phi) is 5.41. The van der Waals surface area contributed by atoms with Crippen LogP contribution in [-0.4, -0.2) is 37.8 Å². The average Bonchev–Trinajstić information content (AvgIpc) is 2.28. The highest BCUT2D eigenvalue weighted by molar-refractivity contribution is 5.38. The Balaban J connectivity index is 2.95. The van der Waals surface area contributed by atoms with Gasteiger partial charge in [0.15, 0.2) is 0 Å². The van der Waals surface area contributed by atoms with Gasteiger partial charge in [0.05, 0.1) is 7.11 Å². The van der Waals surface area contributed by atoms with Gasteiger partial charge in [-0.3, -0.25) is 0 Å². The molecule has 0 saturated heterocycles. The lowest BCUT2D eigenvalue weighted by Gasteiger charge is -2.17. The van der Waals surface area contributed by atoms with Crippen molar-refractivity contribution in [1.29, 1.82) is 0 Å². The second-order valence-electron chi connectivity index (χ2n) is 4.43. The van der Waals surface area contributed by atoms with Crippen molar-refractivity contribution in [3.05, 3.63) is 29.3 Å². The molecule has 4 nitrogen and oxygen atoms in total. The highest BCUT2D eigenvalue weighted by Crippen LogP contribution is 2.24. The van der Waals surface area contributed by atoms with Gasteiger partial charge in [0.25, 0.3) is 0 Å². The Labute approximate surface area is 103 Å². The van der Waals surface area contributed by atoms with Gasteiger partial charge < -0.3 is 20.5 Å². The third kappa shape index (κ3) is 4.00. The van der Waals surface area contributed by atoms with Gasteiger partial charge in [0.2, 0.25) is 0 Å². The Bertz CT molecular complexity index is 353. The molecule has 1 rings (SSSR count). The van der Waals surface area contributed by atoms with Gasteiger partial charge in [-0.15, -0.1) is 0 Å². The van der Waals surface area contributed by atoms with Crippen LogP contribution in [0.1, 0.15) is 23.6 Å². The molecule has 3 N–H and O–H groups in total. The summed E-state index contributed by atoms with van der Waals surface area (Å²) in [5.41, 5.74) is 8.14. The first-order valence-corrected chi connectivity index (χ1v) is 5.76. The van der Waals surface area contributed by atoms with E-state index in [-0.39, 0.29) is 12.6 Å². The van der Waals surface area contributed by atoms with E-state index in [0.717, 1.165) is 23.4 Å². The quantitative estimate of drug-likeness (QED) is 0.780. The van der Waals surface area contributed by atoms with E-state index in [2.05, 4.69) is 11.0 Å². The molecular weight excluding hydrogens is 216 g/mol. The SMILES string of the molecule is COc1ccc(C(N)CCO)cc1CN(C)C. The van der Waals surface area contributed by atoms with Crippen LogP contribution in [0.3, 0.4) is 0 Å². The van der Waals surface area contributed by atoms with E-state index in [4.69, 9.17) is 15.6 Å². The number of benzene rings is 1. The first-order chi connectivity index (χ1) is 8.08. The monoisotopic (exact) mass is 238 g/mol. The van der Waals surface area contributed by atoms with Crippen molar-refractivity contribution < 1.29 is 9.84 Å². The summed E-state index contributed by atoms with van der Waals surface area (Å²) in [6.45, 7) is 0.916. The number of hydrogen-bond acceptors (Lipinski definition) is 4. The van der Waals surface area contributed by atoms with Crippen LogP contribution in [0.25, 0.3) is 0 Å². The highest BCUT2D eigenvalue weighted by atomic mass is 16.5. The number of aliphatic hydroxyl groups excluding tert-OH is 1. The topological polar surface area (TPSA) is 58.7 Å². The van der Waals surface area contributed by atoms with Crippen molar-refractivity contribution in [2.75, 3.05) is 27.8 Å². The van der Waals surface area contributed by atoms with Crippen molar-refractivity contribution in [3.63, 3.8) is 0 Å². The fourth-order valence-corrected chi connectivity index (χ4v) is 1.80. The first kappa shape index (κ1) is 14.0. The summed E-state index contributed by atoms with van der Waals surface area (Å²) in [6.07, 6.45) is 0.577. The molecule has 0 fully saturated rings. The standard InChI is InChI=1S/C13H22N2O2/c1-15(2)9-11-8-10(12(14)6-7-16)4-5-13(11)17-3/h4-5,8,12,16H,6-7,9,14H2,1-3H3. The lowest BCUT2D eigenvalue weighted by molar-refractivity contribution is 0.276. The molecule has 17 heavy (non-hydrogen) atoms. The Morgan fingerprint density at radius 3 is 2.65 bits per heavy atom. The van der Waals surface area contributed by atoms with Crippen molar-refractivity contribution in [3.8, 4) is 5.75 Å². The average molecular weight is 238 g/mol. The molecule has 1 aromatic rings. The van der Waals surface area contributed by atoms with Crippen LogP contribution in [0.2, 0.25) is 0 Å². The zero-order valence-corrected chi connectivity index (χ0v) is 10.8. The van der Waals surface area contributed by atoms with Crippen LogP contribution < -0.4 is 10.5 Å². The summed E-state index contributed by atoms with van der Waals surface area (Å²) in [6, 6.07) is 5.83. The molecule has 0 aliphatic rings. The largest absolute Gasteiger partial charge is 0.496 e. The normalized spacial score (nSPS) is 12.8. The van der Waals surface area contributed by atoms with Gasteiger partial charge in [0, 0.05) is 24.8 Å². The van der Waals surface area contributed by atoms with Gasteiger partial charge in [-0.05, 0) is 38.2 Å². The summed E-state index contributed by atoms with van der Waals surface area (Å²) in [5.74, 6) is 0.874. The summed E-state index contributed by atoms with van der Waals surface area (Å²) < 4.78 is 5.32. The minimum Gasteiger partial charge on any atom is -0.496 e. The van der Waals surface area contributed by atoms with Crippen LogP contribution in [0.15, 0.2) is 18.2 Å². The summed E-state index contributed by atoms with van der Waals surface area (Å²) in [5, 5.41) is 8.90. The minimum absolute atomic E-state index is 0.107. The number of ether oxygens (including phenoxy) is 1. The fourth-order valence-electron chi connectivity index (χ4n) is 1.80. The number of nitrogens with zero attached hydrogens (tertiary/aromatic N) is 1. The molecule has 4 heteroatoms. The van der Waals surface area contributed by atoms with E-state index in [1.54, 1.807) is 7.11 Å². The van der Waals surface area contributed by atoms with Gasteiger partial charge in [0.1, 0.15) is 5.75 Å². The molecule has 0 aromatic heterocycles. The summed E-state index contributed by atoms with van der Waals surface area (Å²) in [4.78, 5) is 2.08. The lowest BCUT2D eigenvalue weighted by atomic mass is 10.0. The maximum atomic E-state index is 8.90. The van der Waals surface area contributed by atoms with Crippen LogP contribution in [0.5, 0.6) is 5.75 Å². The Morgan fingerprint density at radius 2 is 2.12 bits per heavy atom. The van der Waals surface area contributed by atoms with E-state index < -0.39 is 0 Å². The second-order valence-corrected chi connectivity index (χ2v) is 4.43. The van der Waals surface area contributed by atoms with Crippen LogP contribution in [0, 0.1) is 0 Å². The molecule has 0 amide bonds. The highest BCUT2D eigenvalue weighted by Gasteiger charge is 2.10. The first-order valence-electron chi connectivity index (χ1n) is 5.76. The molecule has 96 valence electrons. The molecule has 0 aliphatic carbocycles. The van der Waals surface area contributed by atoms with E-state index in [0.29, 0.717) is 6.42 Å². The number of nitrogens with two attached hydrogens (primary N) is 1. The summed E-state index contributed by atoms with van der Waals surface area (Å²) >= 11 is 0. The van der Waals surface area contributed by atoms with E-state index in [9.17, 15) is 0 Å².